The molecule has 38 heavy (non-hydrogen) atoms. The third-order valence-electron chi connectivity index (χ3n) is 6.55. The van der Waals surface area contributed by atoms with Gasteiger partial charge in [0.1, 0.15) is 0 Å². The first kappa shape index (κ1) is 28.3. The summed E-state index contributed by atoms with van der Waals surface area (Å²) in [5.41, 5.74) is 1.92. The summed E-state index contributed by atoms with van der Waals surface area (Å²) in [6.07, 6.45) is -3.78. The Bertz CT molecular complexity index is 1370. The summed E-state index contributed by atoms with van der Waals surface area (Å²) in [7, 11) is -2.94. The van der Waals surface area contributed by atoms with E-state index in [0.29, 0.717) is 19.0 Å². The van der Waals surface area contributed by atoms with Gasteiger partial charge in [-0.25, -0.2) is 8.42 Å². The number of carbonyl (C=O) groups is 1. The lowest BCUT2D eigenvalue weighted by Crippen LogP contribution is -2.47. The number of ether oxygens (including phenoxy) is 1. The van der Waals surface area contributed by atoms with Gasteiger partial charge in [-0.1, -0.05) is 35.9 Å². The molecule has 1 aliphatic heterocycles. The first-order valence-electron chi connectivity index (χ1n) is 12.1. The number of benzene rings is 2. The fraction of sp³-hybridized carbons (Fsp3) is 0.370. The van der Waals surface area contributed by atoms with Crippen molar-refractivity contribution in [1.82, 2.24) is 9.21 Å². The second kappa shape index (κ2) is 11.6. The molecule has 2 aromatic carbocycles. The Kier molecular flexibility index (Phi) is 8.61. The molecular formula is C27H29F3N2O4S2. The van der Waals surface area contributed by atoms with Gasteiger partial charge in [-0.05, 0) is 60.5 Å². The fourth-order valence-corrected chi connectivity index (χ4v) is 6.96. The lowest BCUT2D eigenvalue weighted by molar-refractivity contribution is -0.137. The van der Waals surface area contributed by atoms with Gasteiger partial charge < -0.3 is 9.64 Å². The van der Waals surface area contributed by atoms with E-state index in [-0.39, 0.29) is 25.6 Å². The van der Waals surface area contributed by atoms with Gasteiger partial charge in [-0.2, -0.15) is 17.5 Å². The maximum Gasteiger partial charge on any atom is 0.416 e. The van der Waals surface area contributed by atoms with Crippen LogP contribution in [0.25, 0.3) is 0 Å². The first-order valence-corrected chi connectivity index (χ1v) is 14.4. The number of fused-ring (bicyclic) bond motifs is 1. The van der Waals surface area contributed by atoms with Crippen LogP contribution in [0.1, 0.15) is 39.6 Å². The van der Waals surface area contributed by atoms with Crippen molar-refractivity contribution in [3.63, 3.8) is 0 Å². The highest BCUT2D eigenvalue weighted by molar-refractivity contribution is 7.89. The molecule has 6 nitrogen and oxygen atoms in total. The van der Waals surface area contributed by atoms with Crippen LogP contribution < -0.4 is 0 Å². The number of rotatable bonds is 9. The summed E-state index contributed by atoms with van der Waals surface area (Å²) in [6.45, 7) is 2.03. The second-order valence-corrected chi connectivity index (χ2v) is 12.1. The van der Waals surface area contributed by atoms with Gasteiger partial charge in [0.2, 0.25) is 15.9 Å². The molecule has 1 unspecified atom stereocenters. The lowest BCUT2D eigenvalue weighted by atomic mass is 9.92. The summed E-state index contributed by atoms with van der Waals surface area (Å²) in [4.78, 5) is 16.1. The van der Waals surface area contributed by atoms with Crippen LogP contribution >= 0.6 is 11.3 Å². The molecule has 0 saturated heterocycles. The minimum atomic E-state index is -4.70. The van der Waals surface area contributed by atoms with Gasteiger partial charge in [-0.15, -0.1) is 11.3 Å². The maximum atomic E-state index is 13.7. The van der Waals surface area contributed by atoms with E-state index in [4.69, 9.17) is 4.74 Å². The molecule has 4 rings (SSSR count). The molecule has 0 spiro atoms. The SMILES string of the molecule is COCCCN(CC(=O)N1CCc2sccc2C1c1ccc(C)cc1)S(=O)(=O)c1cccc(C(F)(F)F)c1. The van der Waals surface area contributed by atoms with Crippen LogP contribution in [0.15, 0.2) is 64.9 Å². The maximum absolute atomic E-state index is 13.7. The van der Waals surface area contributed by atoms with Gasteiger partial charge in [-0.3, -0.25) is 4.79 Å². The molecule has 0 N–H and O–H groups in total. The minimum Gasteiger partial charge on any atom is -0.385 e. The average Bonchev–Trinajstić information content (AvgIpc) is 3.37. The number of sulfonamides is 1. The zero-order valence-corrected chi connectivity index (χ0v) is 22.7. The van der Waals surface area contributed by atoms with Crippen molar-refractivity contribution in [2.75, 3.05) is 33.4 Å². The van der Waals surface area contributed by atoms with Crippen molar-refractivity contribution in [1.29, 1.82) is 0 Å². The Morgan fingerprint density at radius 1 is 1.16 bits per heavy atom. The highest BCUT2D eigenvalue weighted by Gasteiger charge is 2.37. The average molecular weight is 567 g/mol. The number of alkyl halides is 3. The molecule has 1 amide bonds. The highest BCUT2D eigenvalue weighted by atomic mass is 32.2. The molecule has 1 aliphatic rings. The predicted octanol–water partition coefficient (Wildman–Crippen LogP) is 5.28. The van der Waals surface area contributed by atoms with Gasteiger partial charge in [0, 0.05) is 31.7 Å². The van der Waals surface area contributed by atoms with Crippen molar-refractivity contribution in [3.05, 3.63) is 87.1 Å². The number of nitrogens with zero attached hydrogens (tertiary/aromatic N) is 2. The van der Waals surface area contributed by atoms with Crippen LogP contribution in [0, 0.1) is 6.92 Å². The molecule has 2 heterocycles. The zero-order valence-electron chi connectivity index (χ0n) is 21.1. The fourth-order valence-electron chi connectivity index (χ4n) is 4.59. The zero-order chi connectivity index (χ0) is 27.5. The Balaban J connectivity index is 1.66. The molecule has 0 fully saturated rings. The van der Waals surface area contributed by atoms with E-state index in [1.807, 2.05) is 42.6 Å². The van der Waals surface area contributed by atoms with Crippen molar-refractivity contribution in [3.8, 4) is 0 Å². The normalized spacial score (nSPS) is 16.1. The number of aryl methyl sites for hydroxylation is 1. The summed E-state index contributed by atoms with van der Waals surface area (Å²) in [5.74, 6) is -0.416. The molecule has 3 aromatic rings. The standard InChI is InChI=1S/C27H29F3N2O4S2/c1-19-7-9-20(10-8-19)26-23-12-16-37-24(23)11-14-32(26)25(33)18-31(13-4-15-36-2)38(34,35)22-6-3-5-21(17-22)27(28,29)30/h3,5-10,12,16-17,26H,4,11,13-15,18H2,1-2H3. The van der Waals surface area contributed by atoms with Crippen molar-refractivity contribution < 1.29 is 31.1 Å². The number of hydrogen-bond donors (Lipinski definition) is 0. The van der Waals surface area contributed by atoms with E-state index < -0.39 is 39.1 Å². The van der Waals surface area contributed by atoms with Crippen LogP contribution in [-0.4, -0.2) is 56.9 Å². The summed E-state index contributed by atoms with van der Waals surface area (Å²) < 4.78 is 72.9. The van der Waals surface area contributed by atoms with Crippen molar-refractivity contribution in [2.24, 2.45) is 0 Å². The third kappa shape index (κ3) is 6.12. The monoisotopic (exact) mass is 566 g/mol. The molecule has 11 heteroatoms. The number of amides is 1. The van der Waals surface area contributed by atoms with Crippen LogP contribution in [0.4, 0.5) is 13.2 Å². The summed E-state index contributed by atoms with van der Waals surface area (Å²) in [6, 6.07) is 13.1. The molecule has 1 aromatic heterocycles. The molecule has 0 saturated carbocycles. The van der Waals surface area contributed by atoms with Crippen molar-refractivity contribution >= 4 is 27.3 Å². The Labute approximate surface area is 224 Å². The number of halogens is 3. The second-order valence-electron chi connectivity index (χ2n) is 9.16. The van der Waals surface area contributed by atoms with E-state index in [2.05, 4.69) is 0 Å². The van der Waals surface area contributed by atoms with Crippen LogP contribution in [0.3, 0.4) is 0 Å². The van der Waals surface area contributed by atoms with E-state index in [0.717, 1.165) is 39.2 Å². The smallest absolute Gasteiger partial charge is 0.385 e. The molecule has 0 aliphatic carbocycles. The third-order valence-corrected chi connectivity index (χ3v) is 9.38. The summed E-state index contributed by atoms with van der Waals surface area (Å²) in [5, 5.41) is 1.98. The topological polar surface area (TPSA) is 66.9 Å². The Hall–Kier alpha value is -2.73. The molecular weight excluding hydrogens is 537 g/mol. The Morgan fingerprint density at radius 3 is 2.58 bits per heavy atom. The van der Waals surface area contributed by atoms with Crippen LogP contribution in [0.2, 0.25) is 0 Å². The number of thiophene rings is 1. The molecule has 204 valence electrons. The van der Waals surface area contributed by atoms with Gasteiger partial charge >= 0.3 is 6.18 Å². The van der Waals surface area contributed by atoms with Gasteiger partial charge in [0.15, 0.2) is 0 Å². The molecule has 0 bridgehead atoms. The largest absolute Gasteiger partial charge is 0.416 e. The lowest BCUT2D eigenvalue weighted by Gasteiger charge is -2.37. The number of methoxy groups -OCH3 is 1. The summed E-state index contributed by atoms with van der Waals surface area (Å²) >= 11 is 1.62. The van der Waals surface area contributed by atoms with E-state index in [1.165, 1.54) is 12.0 Å². The van der Waals surface area contributed by atoms with E-state index >= 15 is 0 Å². The molecule has 1 atom stereocenters. The first-order chi connectivity index (χ1) is 18.0. The Morgan fingerprint density at radius 2 is 1.89 bits per heavy atom. The quantitative estimate of drug-likeness (QED) is 0.331. The van der Waals surface area contributed by atoms with Crippen LogP contribution in [-0.2, 0) is 32.2 Å². The van der Waals surface area contributed by atoms with Crippen molar-refractivity contribution in [2.45, 2.75) is 36.9 Å². The molecule has 0 radical (unpaired) electrons. The van der Waals surface area contributed by atoms with Gasteiger partial charge in [0.05, 0.1) is 23.0 Å². The van der Waals surface area contributed by atoms with Crippen LogP contribution in [0.5, 0.6) is 0 Å². The van der Waals surface area contributed by atoms with Gasteiger partial charge in [0.25, 0.3) is 0 Å². The number of hydrogen-bond acceptors (Lipinski definition) is 5. The number of carbonyl (C=O) groups excluding carboxylic acids is 1. The predicted molar refractivity (Wildman–Crippen MR) is 139 cm³/mol. The highest BCUT2D eigenvalue weighted by Crippen LogP contribution is 2.38. The van der Waals surface area contributed by atoms with E-state index in [9.17, 15) is 26.4 Å². The van der Waals surface area contributed by atoms with E-state index in [1.54, 1.807) is 16.2 Å². The minimum absolute atomic E-state index is 0.0785.